The molecule has 0 fully saturated rings. The maximum Gasteiger partial charge on any atom is 0.140 e. The monoisotopic (exact) mass is 316 g/mol. The van der Waals surface area contributed by atoms with Crippen LogP contribution in [-0.2, 0) is 19.8 Å². The zero-order chi connectivity index (χ0) is 15.5. The van der Waals surface area contributed by atoms with Crippen molar-refractivity contribution in [1.82, 2.24) is 9.55 Å². The lowest BCUT2D eigenvalue weighted by Gasteiger charge is -2.09. The number of ether oxygens (including phenoxy) is 1. The number of benzene rings is 2. The lowest BCUT2D eigenvalue weighted by Crippen LogP contribution is -2.01. The van der Waals surface area contributed by atoms with Gasteiger partial charge in [-0.25, -0.2) is 4.98 Å². The van der Waals surface area contributed by atoms with Gasteiger partial charge in [-0.3, -0.25) is 0 Å². The molecular formula is C17H17ClN2O2. The summed E-state index contributed by atoms with van der Waals surface area (Å²) in [5, 5.41) is 9.94. The number of halogens is 1. The Kier molecular flexibility index (Phi) is 4.32. The molecule has 0 unspecified atom stereocenters. The van der Waals surface area contributed by atoms with Crippen LogP contribution in [0.5, 0.6) is 5.75 Å². The molecule has 22 heavy (non-hydrogen) atoms. The van der Waals surface area contributed by atoms with Gasteiger partial charge in [0.15, 0.2) is 0 Å². The Labute approximate surface area is 133 Å². The number of fused-ring (bicyclic) bond motifs is 1. The normalized spacial score (nSPS) is 11.0. The summed E-state index contributed by atoms with van der Waals surface area (Å²) in [7, 11) is 0. The van der Waals surface area contributed by atoms with Crippen molar-refractivity contribution in [1.29, 1.82) is 0 Å². The fraction of sp³-hybridized carbons (Fsp3) is 0.235. The van der Waals surface area contributed by atoms with Gasteiger partial charge in [0.05, 0.1) is 16.1 Å². The topological polar surface area (TPSA) is 47.3 Å². The van der Waals surface area contributed by atoms with Crippen LogP contribution in [0.1, 0.15) is 18.3 Å². The van der Waals surface area contributed by atoms with Crippen LogP contribution in [0.4, 0.5) is 0 Å². The highest BCUT2D eigenvalue weighted by atomic mass is 35.5. The van der Waals surface area contributed by atoms with Crippen molar-refractivity contribution in [2.24, 2.45) is 0 Å². The zero-order valence-electron chi connectivity index (χ0n) is 12.3. The third-order valence-electron chi connectivity index (χ3n) is 3.58. The molecule has 0 aliphatic carbocycles. The van der Waals surface area contributed by atoms with E-state index in [9.17, 15) is 5.11 Å². The van der Waals surface area contributed by atoms with Crippen LogP contribution in [0, 0.1) is 0 Å². The van der Waals surface area contributed by atoms with Crippen molar-refractivity contribution < 1.29 is 9.84 Å². The van der Waals surface area contributed by atoms with Crippen molar-refractivity contribution in [3.05, 3.63) is 58.9 Å². The van der Waals surface area contributed by atoms with E-state index in [1.165, 1.54) is 0 Å². The minimum atomic E-state index is -0.0969. The molecule has 4 nitrogen and oxygen atoms in total. The van der Waals surface area contributed by atoms with Crippen LogP contribution in [0.15, 0.2) is 42.5 Å². The Balaban J connectivity index is 1.92. The number of hydrogen-bond donors (Lipinski definition) is 1. The molecule has 0 saturated heterocycles. The van der Waals surface area contributed by atoms with Gasteiger partial charge in [-0.2, -0.15) is 0 Å². The molecule has 0 amide bonds. The van der Waals surface area contributed by atoms with Crippen LogP contribution in [0.3, 0.4) is 0 Å². The molecule has 0 saturated carbocycles. The number of aromatic nitrogens is 2. The van der Waals surface area contributed by atoms with Gasteiger partial charge in [0.1, 0.15) is 24.8 Å². The van der Waals surface area contributed by atoms with Crippen LogP contribution in [-0.4, -0.2) is 14.7 Å². The van der Waals surface area contributed by atoms with Crippen LogP contribution in [0.25, 0.3) is 11.0 Å². The van der Waals surface area contributed by atoms with E-state index in [-0.39, 0.29) is 6.61 Å². The molecule has 3 rings (SSSR count). The number of hydrogen-bond acceptors (Lipinski definition) is 3. The van der Waals surface area contributed by atoms with Gasteiger partial charge in [0.2, 0.25) is 0 Å². The van der Waals surface area contributed by atoms with Crippen molar-refractivity contribution in [3.8, 4) is 5.75 Å². The minimum absolute atomic E-state index is 0.0969. The first-order chi connectivity index (χ1) is 10.7. The largest absolute Gasteiger partial charge is 0.487 e. The quantitative estimate of drug-likeness (QED) is 0.779. The molecule has 0 spiro atoms. The zero-order valence-corrected chi connectivity index (χ0v) is 13.0. The third kappa shape index (κ3) is 2.80. The standard InChI is InChI=1S/C17H17ClN2O2/c1-2-20-15-8-13(18)16(9-14(15)19-17(20)10-21)22-11-12-6-4-3-5-7-12/h3-9,21H,2,10-11H2,1H3. The summed E-state index contributed by atoms with van der Waals surface area (Å²) in [6, 6.07) is 13.6. The Hall–Kier alpha value is -2.04. The first-order valence-electron chi connectivity index (χ1n) is 7.19. The summed E-state index contributed by atoms with van der Waals surface area (Å²) >= 11 is 6.32. The Bertz CT molecular complexity index is 784. The number of imidazole rings is 1. The first kappa shape index (κ1) is 14.9. The van der Waals surface area contributed by atoms with E-state index in [1.807, 2.05) is 54.0 Å². The van der Waals surface area contributed by atoms with Crippen LogP contribution < -0.4 is 4.74 Å². The summed E-state index contributed by atoms with van der Waals surface area (Å²) in [5.74, 6) is 1.23. The maximum atomic E-state index is 9.39. The number of aliphatic hydroxyl groups is 1. The predicted molar refractivity (Wildman–Crippen MR) is 87.1 cm³/mol. The van der Waals surface area contributed by atoms with Gasteiger partial charge in [-0.15, -0.1) is 0 Å². The number of aliphatic hydroxyl groups excluding tert-OH is 1. The highest BCUT2D eigenvalue weighted by molar-refractivity contribution is 6.32. The fourth-order valence-electron chi connectivity index (χ4n) is 2.50. The third-order valence-corrected chi connectivity index (χ3v) is 3.87. The lowest BCUT2D eigenvalue weighted by molar-refractivity contribution is 0.266. The second kappa shape index (κ2) is 6.38. The summed E-state index contributed by atoms with van der Waals surface area (Å²) in [4.78, 5) is 4.43. The molecule has 1 heterocycles. The van der Waals surface area contributed by atoms with E-state index >= 15 is 0 Å². The molecule has 5 heteroatoms. The maximum absolute atomic E-state index is 9.39. The van der Waals surface area contributed by atoms with E-state index in [1.54, 1.807) is 0 Å². The molecule has 0 radical (unpaired) electrons. The van der Waals surface area contributed by atoms with Gasteiger partial charge in [-0.05, 0) is 18.6 Å². The second-order valence-electron chi connectivity index (χ2n) is 4.98. The first-order valence-corrected chi connectivity index (χ1v) is 7.57. The van der Waals surface area contributed by atoms with Gasteiger partial charge in [0.25, 0.3) is 0 Å². The Morgan fingerprint density at radius 1 is 1.23 bits per heavy atom. The highest BCUT2D eigenvalue weighted by Crippen LogP contribution is 2.31. The average molecular weight is 317 g/mol. The number of nitrogens with zero attached hydrogens (tertiary/aromatic N) is 2. The Morgan fingerprint density at radius 2 is 2.00 bits per heavy atom. The summed E-state index contributed by atoms with van der Waals surface area (Å²) in [6.45, 7) is 3.09. The van der Waals surface area contributed by atoms with Gasteiger partial charge in [0, 0.05) is 12.6 Å². The Morgan fingerprint density at radius 3 is 2.68 bits per heavy atom. The predicted octanol–water partition coefficient (Wildman–Crippen LogP) is 3.78. The van der Waals surface area contributed by atoms with E-state index in [0.29, 0.717) is 23.2 Å². The van der Waals surface area contributed by atoms with Crippen molar-refractivity contribution in [2.45, 2.75) is 26.7 Å². The molecule has 0 aliphatic heterocycles. The van der Waals surface area contributed by atoms with E-state index in [0.717, 1.165) is 23.1 Å². The molecule has 1 aromatic heterocycles. The van der Waals surface area contributed by atoms with E-state index in [2.05, 4.69) is 4.98 Å². The molecular weight excluding hydrogens is 300 g/mol. The smallest absolute Gasteiger partial charge is 0.140 e. The van der Waals surface area contributed by atoms with Crippen LogP contribution >= 0.6 is 11.6 Å². The minimum Gasteiger partial charge on any atom is -0.487 e. The highest BCUT2D eigenvalue weighted by Gasteiger charge is 2.13. The molecule has 2 aromatic carbocycles. The molecule has 1 N–H and O–H groups in total. The van der Waals surface area contributed by atoms with Crippen molar-refractivity contribution in [3.63, 3.8) is 0 Å². The molecule has 3 aromatic rings. The average Bonchev–Trinajstić information content (AvgIpc) is 2.90. The number of aryl methyl sites for hydroxylation is 1. The summed E-state index contributed by atoms with van der Waals surface area (Å²) in [5.41, 5.74) is 2.76. The SMILES string of the molecule is CCn1c(CO)nc2cc(OCc3ccccc3)c(Cl)cc21. The summed E-state index contributed by atoms with van der Waals surface area (Å²) in [6.07, 6.45) is 0. The molecule has 0 bridgehead atoms. The van der Waals surface area contributed by atoms with Gasteiger partial charge < -0.3 is 14.4 Å². The molecule has 0 atom stereocenters. The number of rotatable bonds is 5. The molecule has 114 valence electrons. The van der Waals surface area contributed by atoms with E-state index in [4.69, 9.17) is 16.3 Å². The fourth-order valence-corrected chi connectivity index (χ4v) is 2.71. The van der Waals surface area contributed by atoms with Crippen molar-refractivity contribution in [2.75, 3.05) is 0 Å². The van der Waals surface area contributed by atoms with Crippen LogP contribution in [0.2, 0.25) is 5.02 Å². The molecule has 0 aliphatic rings. The second-order valence-corrected chi connectivity index (χ2v) is 5.38. The van der Waals surface area contributed by atoms with Gasteiger partial charge in [-0.1, -0.05) is 41.9 Å². The lowest BCUT2D eigenvalue weighted by atomic mass is 10.2. The van der Waals surface area contributed by atoms with Gasteiger partial charge >= 0.3 is 0 Å². The van der Waals surface area contributed by atoms with Crippen molar-refractivity contribution >= 4 is 22.6 Å². The van der Waals surface area contributed by atoms with E-state index < -0.39 is 0 Å². The summed E-state index contributed by atoms with van der Waals surface area (Å²) < 4.78 is 7.75.